The maximum atomic E-state index is 12.9. The van der Waals surface area contributed by atoms with Crippen LogP contribution in [0.1, 0.15) is 19.2 Å². The Morgan fingerprint density at radius 3 is 2.90 bits per heavy atom. The summed E-state index contributed by atoms with van der Waals surface area (Å²) >= 11 is 0. The van der Waals surface area contributed by atoms with Gasteiger partial charge >= 0.3 is 0 Å². The van der Waals surface area contributed by atoms with E-state index in [2.05, 4.69) is 27.7 Å². The molecule has 1 fully saturated rings. The minimum atomic E-state index is -0.281. The molecule has 0 spiro atoms. The third kappa shape index (κ3) is 2.86. The topological polar surface area (TPSA) is 63.0 Å². The normalized spacial score (nSPS) is 22.3. The van der Waals surface area contributed by atoms with Gasteiger partial charge in [-0.15, -0.1) is 0 Å². The summed E-state index contributed by atoms with van der Waals surface area (Å²) in [5.74, 6) is 0.741. The Morgan fingerprint density at radius 2 is 2.20 bits per heavy atom. The van der Waals surface area contributed by atoms with Crippen LogP contribution in [-0.2, 0) is 6.54 Å². The van der Waals surface area contributed by atoms with Gasteiger partial charge < -0.3 is 15.2 Å². The average Bonchev–Trinajstić information content (AvgIpc) is 3.07. The van der Waals surface area contributed by atoms with Crippen molar-refractivity contribution in [2.75, 3.05) is 13.1 Å². The van der Waals surface area contributed by atoms with Gasteiger partial charge in [0.05, 0.1) is 6.54 Å². The molecule has 106 valence electrons. The SMILES string of the molecule is CC1(NCc2noc(-c3ccc(F)cc3)n2)CCNC1. The predicted octanol–water partition coefficient (Wildman–Crippen LogP) is 1.72. The molecular formula is C14H17FN4O. The number of nitrogens with zero attached hydrogens (tertiary/aromatic N) is 2. The number of benzene rings is 1. The van der Waals surface area contributed by atoms with Crippen LogP contribution in [0, 0.1) is 5.82 Å². The van der Waals surface area contributed by atoms with E-state index < -0.39 is 0 Å². The van der Waals surface area contributed by atoms with E-state index in [1.807, 2.05) is 0 Å². The van der Waals surface area contributed by atoms with Crippen molar-refractivity contribution in [3.8, 4) is 11.5 Å². The zero-order chi connectivity index (χ0) is 14.0. The molecule has 0 bridgehead atoms. The monoisotopic (exact) mass is 276 g/mol. The zero-order valence-electron chi connectivity index (χ0n) is 11.3. The molecule has 0 amide bonds. The Bertz CT molecular complexity index is 575. The second kappa shape index (κ2) is 5.30. The van der Waals surface area contributed by atoms with Gasteiger partial charge in [-0.3, -0.25) is 0 Å². The molecule has 3 rings (SSSR count). The number of halogens is 1. The van der Waals surface area contributed by atoms with Gasteiger partial charge in [0, 0.05) is 17.6 Å². The highest BCUT2D eigenvalue weighted by atomic mass is 19.1. The van der Waals surface area contributed by atoms with Crippen LogP contribution in [0.5, 0.6) is 0 Å². The van der Waals surface area contributed by atoms with Crippen molar-refractivity contribution in [1.29, 1.82) is 0 Å². The summed E-state index contributed by atoms with van der Waals surface area (Å²) in [4.78, 5) is 4.32. The molecule has 0 radical (unpaired) electrons. The lowest BCUT2D eigenvalue weighted by Crippen LogP contribution is -2.43. The third-order valence-corrected chi connectivity index (χ3v) is 3.60. The van der Waals surface area contributed by atoms with Crippen LogP contribution in [-0.4, -0.2) is 28.8 Å². The van der Waals surface area contributed by atoms with Crippen molar-refractivity contribution in [3.05, 3.63) is 35.9 Å². The summed E-state index contributed by atoms with van der Waals surface area (Å²) in [5, 5.41) is 10.7. The average molecular weight is 276 g/mol. The van der Waals surface area contributed by atoms with Crippen molar-refractivity contribution in [3.63, 3.8) is 0 Å². The first-order valence-corrected chi connectivity index (χ1v) is 6.69. The molecule has 1 unspecified atom stereocenters. The minimum absolute atomic E-state index is 0.0800. The molecule has 1 aromatic carbocycles. The molecule has 6 heteroatoms. The smallest absolute Gasteiger partial charge is 0.257 e. The number of hydrogen-bond donors (Lipinski definition) is 2. The molecular weight excluding hydrogens is 259 g/mol. The van der Waals surface area contributed by atoms with Crippen molar-refractivity contribution >= 4 is 0 Å². The van der Waals surface area contributed by atoms with Crippen LogP contribution in [0.2, 0.25) is 0 Å². The minimum Gasteiger partial charge on any atom is -0.334 e. The fraction of sp³-hybridized carbons (Fsp3) is 0.429. The van der Waals surface area contributed by atoms with Crippen molar-refractivity contribution in [1.82, 2.24) is 20.8 Å². The molecule has 20 heavy (non-hydrogen) atoms. The second-order valence-corrected chi connectivity index (χ2v) is 5.36. The molecule has 2 N–H and O–H groups in total. The first kappa shape index (κ1) is 13.2. The van der Waals surface area contributed by atoms with Crippen LogP contribution >= 0.6 is 0 Å². The van der Waals surface area contributed by atoms with E-state index in [0.29, 0.717) is 18.3 Å². The van der Waals surface area contributed by atoms with Crippen LogP contribution in [0.25, 0.3) is 11.5 Å². The number of nitrogens with one attached hydrogen (secondary N) is 2. The van der Waals surface area contributed by atoms with E-state index in [9.17, 15) is 4.39 Å². The number of aromatic nitrogens is 2. The first-order valence-electron chi connectivity index (χ1n) is 6.69. The van der Waals surface area contributed by atoms with Gasteiger partial charge in [-0.25, -0.2) is 4.39 Å². The summed E-state index contributed by atoms with van der Waals surface area (Å²) in [5.41, 5.74) is 0.801. The maximum absolute atomic E-state index is 12.9. The van der Waals surface area contributed by atoms with E-state index in [0.717, 1.165) is 25.1 Å². The summed E-state index contributed by atoms with van der Waals surface area (Å²) in [6, 6.07) is 6.01. The van der Waals surface area contributed by atoms with Gasteiger partial charge in [-0.1, -0.05) is 5.16 Å². The molecule has 2 heterocycles. The molecule has 2 aromatic rings. The van der Waals surface area contributed by atoms with E-state index in [1.165, 1.54) is 12.1 Å². The summed E-state index contributed by atoms with van der Waals surface area (Å²) in [6.07, 6.45) is 1.08. The molecule has 1 atom stereocenters. The summed E-state index contributed by atoms with van der Waals surface area (Å²) in [7, 11) is 0. The Balaban J connectivity index is 1.66. The van der Waals surface area contributed by atoms with E-state index in [1.54, 1.807) is 12.1 Å². The maximum Gasteiger partial charge on any atom is 0.257 e. The van der Waals surface area contributed by atoms with Gasteiger partial charge in [0.2, 0.25) is 0 Å². The summed E-state index contributed by atoms with van der Waals surface area (Å²) in [6.45, 7) is 4.70. The standard InChI is InChI=1S/C14H17FN4O/c1-14(6-7-16-9-14)17-8-12-18-13(20-19-12)10-2-4-11(15)5-3-10/h2-5,16-17H,6-9H2,1H3. The highest BCUT2D eigenvalue weighted by Crippen LogP contribution is 2.18. The van der Waals surface area contributed by atoms with Crippen LogP contribution < -0.4 is 10.6 Å². The lowest BCUT2D eigenvalue weighted by molar-refractivity contribution is 0.368. The Labute approximate surface area is 116 Å². The second-order valence-electron chi connectivity index (χ2n) is 5.36. The fourth-order valence-corrected chi connectivity index (χ4v) is 2.30. The zero-order valence-corrected chi connectivity index (χ0v) is 11.3. The molecule has 1 saturated heterocycles. The van der Waals surface area contributed by atoms with Crippen LogP contribution in [0.4, 0.5) is 4.39 Å². The number of hydrogen-bond acceptors (Lipinski definition) is 5. The van der Waals surface area contributed by atoms with Crippen LogP contribution in [0.15, 0.2) is 28.8 Å². The van der Waals surface area contributed by atoms with Crippen LogP contribution in [0.3, 0.4) is 0 Å². The summed E-state index contributed by atoms with van der Waals surface area (Å²) < 4.78 is 18.1. The van der Waals surface area contributed by atoms with Gasteiger partial charge in [-0.05, 0) is 44.2 Å². The quantitative estimate of drug-likeness (QED) is 0.890. The highest BCUT2D eigenvalue weighted by Gasteiger charge is 2.28. The molecule has 0 saturated carbocycles. The molecule has 5 nitrogen and oxygen atoms in total. The number of rotatable bonds is 4. The molecule has 1 aliphatic heterocycles. The predicted molar refractivity (Wildman–Crippen MR) is 72.4 cm³/mol. The van der Waals surface area contributed by atoms with Crippen molar-refractivity contribution < 1.29 is 8.91 Å². The van der Waals surface area contributed by atoms with Gasteiger partial charge in [-0.2, -0.15) is 4.98 Å². The highest BCUT2D eigenvalue weighted by molar-refractivity contribution is 5.52. The molecule has 1 aromatic heterocycles. The third-order valence-electron chi connectivity index (χ3n) is 3.60. The molecule has 0 aliphatic carbocycles. The van der Waals surface area contributed by atoms with E-state index >= 15 is 0 Å². The Morgan fingerprint density at radius 1 is 1.40 bits per heavy atom. The van der Waals surface area contributed by atoms with Gasteiger partial charge in [0.15, 0.2) is 5.82 Å². The van der Waals surface area contributed by atoms with Gasteiger partial charge in [0.1, 0.15) is 5.82 Å². The lowest BCUT2D eigenvalue weighted by Gasteiger charge is -2.23. The van der Waals surface area contributed by atoms with Crippen molar-refractivity contribution in [2.24, 2.45) is 0 Å². The van der Waals surface area contributed by atoms with E-state index in [4.69, 9.17) is 4.52 Å². The van der Waals surface area contributed by atoms with Crippen molar-refractivity contribution in [2.45, 2.75) is 25.4 Å². The lowest BCUT2D eigenvalue weighted by atomic mass is 10.0. The molecule has 1 aliphatic rings. The Hall–Kier alpha value is -1.79. The first-order chi connectivity index (χ1) is 9.65. The van der Waals surface area contributed by atoms with Gasteiger partial charge in [0.25, 0.3) is 5.89 Å². The largest absolute Gasteiger partial charge is 0.334 e. The van der Waals surface area contributed by atoms with E-state index in [-0.39, 0.29) is 11.4 Å². The Kier molecular flexibility index (Phi) is 3.50. The fourth-order valence-electron chi connectivity index (χ4n) is 2.30.